The normalized spacial score (nSPS) is 13.1. The number of likely N-dealkylation sites (N-methyl/N-ethyl adjacent to an activating group) is 1. The summed E-state index contributed by atoms with van der Waals surface area (Å²) >= 11 is 0. The highest BCUT2D eigenvalue weighted by atomic mass is 16.3. The van der Waals surface area contributed by atoms with E-state index in [-0.39, 0.29) is 12.6 Å². The first kappa shape index (κ1) is 11.1. The molecule has 1 atom stereocenters. The predicted molar refractivity (Wildman–Crippen MR) is 55.6 cm³/mol. The lowest BCUT2D eigenvalue weighted by molar-refractivity contribution is 0.217. The Balaban J connectivity index is 2.37. The standard InChI is InChI=1S/C10H17N3O/c1-13(6-9(11)8-14)7-10-4-2-3-5-12-10/h2-5,9,14H,6-8,11H2,1H3. The molecule has 4 nitrogen and oxygen atoms in total. The molecular formula is C10H17N3O. The molecule has 4 heteroatoms. The molecule has 0 radical (unpaired) electrons. The van der Waals surface area contributed by atoms with Crippen molar-refractivity contribution in [3.8, 4) is 0 Å². The molecule has 0 bridgehead atoms. The number of pyridine rings is 1. The van der Waals surface area contributed by atoms with Crippen molar-refractivity contribution in [2.75, 3.05) is 20.2 Å². The van der Waals surface area contributed by atoms with Crippen molar-refractivity contribution < 1.29 is 5.11 Å². The Hall–Kier alpha value is -0.970. The molecule has 0 aliphatic heterocycles. The first-order valence-electron chi connectivity index (χ1n) is 4.67. The summed E-state index contributed by atoms with van der Waals surface area (Å²) in [6.45, 7) is 1.45. The van der Waals surface area contributed by atoms with Crippen LogP contribution in [0.2, 0.25) is 0 Å². The van der Waals surface area contributed by atoms with E-state index in [1.807, 2.05) is 30.1 Å². The molecule has 0 saturated carbocycles. The maximum absolute atomic E-state index is 8.78. The third-order valence-corrected chi connectivity index (χ3v) is 1.94. The van der Waals surface area contributed by atoms with Crippen molar-refractivity contribution in [2.45, 2.75) is 12.6 Å². The van der Waals surface area contributed by atoms with Crippen LogP contribution in [0.5, 0.6) is 0 Å². The van der Waals surface area contributed by atoms with Crippen LogP contribution in [-0.4, -0.2) is 41.2 Å². The van der Waals surface area contributed by atoms with Gasteiger partial charge in [-0.15, -0.1) is 0 Å². The van der Waals surface area contributed by atoms with Gasteiger partial charge in [-0.05, 0) is 19.2 Å². The lowest BCUT2D eigenvalue weighted by Crippen LogP contribution is -2.37. The highest BCUT2D eigenvalue weighted by Gasteiger charge is 2.05. The van der Waals surface area contributed by atoms with Crippen LogP contribution in [0, 0.1) is 0 Å². The molecule has 1 aromatic heterocycles. The fraction of sp³-hybridized carbons (Fsp3) is 0.500. The van der Waals surface area contributed by atoms with Gasteiger partial charge in [-0.1, -0.05) is 6.07 Å². The van der Waals surface area contributed by atoms with Crippen LogP contribution in [0.3, 0.4) is 0 Å². The van der Waals surface area contributed by atoms with Crippen LogP contribution in [0.4, 0.5) is 0 Å². The second kappa shape index (κ2) is 5.70. The first-order chi connectivity index (χ1) is 6.72. The topological polar surface area (TPSA) is 62.4 Å². The zero-order chi connectivity index (χ0) is 10.4. The van der Waals surface area contributed by atoms with Crippen LogP contribution in [-0.2, 0) is 6.54 Å². The Morgan fingerprint density at radius 3 is 2.93 bits per heavy atom. The Morgan fingerprint density at radius 1 is 1.57 bits per heavy atom. The van der Waals surface area contributed by atoms with Gasteiger partial charge in [-0.3, -0.25) is 9.88 Å². The molecule has 0 amide bonds. The lowest BCUT2D eigenvalue weighted by atomic mass is 10.3. The predicted octanol–water partition coefficient (Wildman–Crippen LogP) is -0.167. The van der Waals surface area contributed by atoms with Gasteiger partial charge in [-0.25, -0.2) is 0 Å². The number of hydrogen-bond donors (Lipinski definition) is 2. The smallest absolute Gasteiger partial charge is 0.0595 e. The van der Waals surface area contributed by atoms with Gasteiger partial charge >= 0.3 is 0 Å². The highest BCUT2D eigenvalue weighted by Crippen LogP contribution is 1.98. The Kier molecular flexibility index (Phi) is 4.52. The van der Waals surface area contributed by atoms with E-state index in [1.54, 1.807) is 6.20 Å². The van der Waals surface area contributed by atoms with E-state index < -0.39 is 0 Å². The molecule has 0 fully saturated rings. The summed E-state index contributed by atoms with van der Waals surface area (Å²) in [5.74, 6) is 0. The number of aliphatic hydroxyl groups excluding tert-OH is 1. The van der Waals surface area contributed by atoms with Crippen molar-refractivity contribution in [3.05, 3.63) is 30.1 Å². The van der Waals surface area contributed by atoms with Crippen LogP contribution in [0.1, 0.15) is 5.69 Å². The summed E-state index contributed by atoms with van der Waals surface area (Å²) in [6, 6.07) is 5.65. The van der Waals surface area contributed by atoms with E-state index in [0.717, 1.165) is 12.2 Å². The fourth-order valence-corrected chi connectivity index (χ4v) is 1.29. The molecule has 1 rings (SSSR count). The molecule has 14 heavy (non-hydrogen) atoms. The van der Waals surface area contributed by atoms with Gasteiger partial charge in [0.25, 0.3) is 0 Å². The molecule has 0 aromatic carbocycles. The minimum Gasteiger partial charge on any atom is -0.395 e. The Labute approximate surface area is 84.4 Å². The fourth-order valence-electron chi connectivity index (χ4n) is 1.29. The molecule has 0 aliphatic carbocycles. The quantitative estimate of drug-likeness (QED) is 0.685. The van der Waals surface area contributed by atoms with Crippen molar-refractivity contribution >= 4 is 0 Å². The molecule has 0 spiro atoms. The van der Waals surface area contributed by atoms with E-state index in [0.29, 0.717) is 6.54 Å². The molecule has 78 valence electrons. The minimum atomic E-state index is -0.177. The second-order valence-corrected chi connectivity index (χ2v) is 3.46. The van der Waals surface area contributed by atoms with E-state index in [9.17, 15) is 0 Å². The van der Waals surface area contributed by atoms with Crippen molar-refractivity contribution in [1.29, 1.82) is 0 Å². The average Bonchev–Trinajstić information content (AvgIpc) is 2.19. The lowest BCUT2D eigenvalue weighted by Gasteiger charge is -2.19. The first-order valence-corrected chi connectivity index (χ1v) is 4.67. The molecule has 1 heterocycles. The number of hydrogen-bond acceptors (Lipinski definition) is 4. The second-order valence-electron chi connectivity index (χ2n) is 3.46. The van der Waals surface area contributed by atoms with E-state index >= 15 is 0 Å². The Bertz CT molecular complexity index is 253. The monoisotopic (exact) mass is 195 g/mol. The number of rotatable bonds is 5. The highest BCUT2D eigenvalue weighted by molar-refractivity contribution is 5.03. The molecule has 1 unspecified atom stereocenters. The minimum absolute atomic E-state index is 0.0204. The van der Waals surface area contributed by atoms with Gasteiger partial charge in [0.15, 0.2) is 0 Å². The summed E-state index contributed by atoms with van der Waals surface area (Å²) in [6.07, 6.45) is 1.77. The molecule has 0 saturated heterocycles. The Morgan fingerprint density at radius 2 is 2.36 bits per heavy atom. The van der Waals surface area contributed by atoms with Crippen molar-refractivity contribution in [2.24, 2.45) is 5.73 Å². The van der Waals surface area contributed by atoms with Crippen molar-refractivity contribution in [1.82, 2.24) is 9.88 Å². The van der Waals surface area contributed by atoms with E-state index in [2.05, 4.69) is 4.98 Å². The van der Waals surface area contributed by atoms with Gasteiger partial charge in [0.05, 0.1) is 12.3 Å². The average molecular weight is 195 g/mol. The number of aromatic nitrogens is 1. The van der Waals surface area contributed by atoms with Gasteiger partial charge in [0.1, 0.15) is 0 Å². The van der Waals surface area contributed by atoms with Gasteiger partial charge < -0.3 is 10.8 Å². The van der Waals surface area contributed by atoms with Gasteiger partial charge in [-0.2, -0.15) is 0 Å². The zero-order valence-corrected chi connectivity index (χ0v) is 8.43. The summed E-state index contributed by atoms with van der Waals surface area (Å²) in [5, 5.41) is 8.78. The summed E-state index contributed by atoms with van der Waals surface area (Å²) in [7, 11) is 1.96. The third kappa shape index (κ3) is 3.83. The summed E-state index contributed by atoms with van der Waals surface area (Å²) in [4.78, 5) is 6.25. The maximum atomic E-state index is 8.78. The summed E-state index contributed by atoms with van der Waals surface area (Å²) in [5.41, 5.74) is 6.63. The number of nitrogens with zero attached hydrogens (tertiary/aromatic N) is 2. The van der Waals surface area contributed by atoms with Crippen LogP contribution in [0.25, 0.3) is 0 Å². The van der Waals surface area contributed by atoms with Crippen LogP contribution in [0.15, 0.2) is 24.4 Å². The number of nitrogens with two attached hydrogens (primary N) is 1. The van der Waals surface area contributed by atoms with E-state index in [4.69, 9.17) is 10.8 Å². The van der Waals surface area contributed by atoms with Crippen LogP contribution >= 0.6 is 0 Å². The summed E-state index contributed by atoms with van der Waals surface area (Å²) < 4.78 is 0. The molecule has 3 N–H and O–H groups in total. The largest absolute Gasteiger partial charge is 0.395 e. The van der Waals surface area contributed by atoms with Gasteiger partial charge in [0.2, 0.25) is 0 Å². The molecule has 0 aliphatic rings. The zero-order valence-electron chi connectivity index (χ0n) is 8.43. The third-order valence-electron chi connectivity index (χ3n) is 1.94. The molecular weight excluding hydrogens is 178 g/mol. The number of aliphatic hydroxyl groups is 1. The van der Waals surface area contributed by atoms with Crippen LogP contribution < -0.4 is 5.73 Å². The molecule has 1 aromatic rings. The van der Waals surface area contributed by atoms with Crippen molar-refractivity contribution in [3.63, 3.8) is 0 Å². The van der Waals surface area contributed by atoms with E-state index in [1.165, 1.54) is 0 Å². The maximum Gasteiger partial charge on any atom is 0.0595 e. The SMILES string of the molecule is CN(Cc1ccccn1)CC(N)CO. The van der Waals surface area contributed by atoms with Gasteiger partial charge in [0, 0.05) is 25.3 Å².